The Morgan fingerprint density at radius 3 is 2.15 bits per heavy atom. The third-order valence-corrected chi connectivity index (χ3v) is 3.70. The number of alkyl halides is 3. The van der Waals surface area contributed by atoms with E-state index in [0.717, 1.165) is 22.2 Å². The molecule has 0 unspecified atom stereocenters. The van der Waals surface area contributed by atoms with E-state index in [1.807, 2.05) is 60.7 Å². The van der Waals surface area contributed by atoms with Crippen LogP contribution < -0.4 is 0 Å². The summed E-state index contributed by atoms with van der Waals surface area (Å²) in [5.41, 5.74) is 3.25. The lowest BCUT2D eigenvalue weighted by atomic mass is 10.0. The maximum absolute atomic E-state index is 6.10. The molecule has 1 nitrogen and oxygen atoms in total. The summed E-state index contributed by atoms with van der Waals surface area (Å²) in [6.45, 7) is 0. The van der Waals surface area contributed by atoms with E-state index in [4.69, 9.17) is 34.8 Å². The molecule has 0 amide bonds. The normalized spacial score (nSPS) is 11.8. The summed E-state index contributed by atoms with van der Waals surface area (Å²) in [7, 11) is 0. The lowest BCUT2D eigenvalue weighted by Gasteiger charge is -2.16. The van der Waals surface area contributed by atoms with Crippen molar-refractivity contribution in [2.75, 3.05) is 0 Å². The molecule has 100 valence electrons. The molecule has 1 heterocycles. The zero-order valence-electron chi connectivity index (χ0n) is 10.4. The van der Waals surface area contributed by atoms with Gasteiger partial charge in [-0.2, -0.15) is 0 Å². The van der Waals surface area contributed by atoms with Crippen LogP contribution in [0, 0.1) is 0 Å². The van der Waals surface area contributed by atoms with Crippen LogP contribution in [0.5, 0.6) is 0 Å². The van der Waals surface area contributed by atoms with Crippen LogP contribution in [0.15, 0.2) is 60.7 Å². The number of rotatable bonds is 1. The summed E-state index contributed by atoms with van der Waals surface area (Å²) in [6.07, 6.45) is 0. The highest BCUT2D eigenvalue weighted by molar-refractivity contribution is 6.67. The standard InChI is InChI=1S/C16H10Cl3N/c17-16(18,19)13-10-15(11-6-2-1-3-7-11)20-14-9-5-4-8-12(13)14/h1-10H. The van der Waals surface area contributed by atoms with Crippen molar-refractivity contribution in [3.8, 4) is 11.3 Å². The number of hydrogen-bond donors (Lipinski definition) is 0. The molecule has 0 N–H and O–H groups in total. The van der Waals surface area contributed by atoms with Gasteiger partial charge in [0.05, 0.1) is 11.2 Å². The fraction of sp³-hybridized carbons (Fsp3) is 0.0625. The minimum absolute atomic E-state index is 0.645. The quantitative estimate of drug-likeness (QED) is 0.521. The summed E-state index contributed by atoms with van der Waals surface area (Å²) in [4.78, 5) is 4.64. The minimum atomic E-state index is -1.48. The Kier molecular flexibility index (Phi) is 3.59. The number of aromatic nitrogens is 1. The summed E-state index contributed by atoms with van der Waals surface area (Å²) >= 11 is 18.3. The van der Waals surface area contributed by atoms with Gasteiger partial charge in [-0.15, -0.1) is 0 Å². The molecular formula is C16H10Cl3N. The van der Waals surface area contributed by atoms with E-state index >= 15 is 0 Å². The maximum Gasteiger partial charge on any atom is 0.216 e. The Balaban J connectivity index is 2.31. The van der Waals surface area contributed by atoms with Gasteiger partial charge in [-0.3, -0.25) is 0 Å². The molecule has 0 saturated carbocycles. The van der Waals surface area contributed by atoms with E-state index in [-0.39, 0.29) is 0 Å². The van der Waals surface area contributed by atoms with Crippen LogP contribution >= 0.6 is 34.8 Å². The lowest BCUT2D eigenvalue weighted by Crippen LogP contribution is -2.03. The number of nitrogens with zero attached hydrogens (tertiary/aromatic N) is 1. The van der Waals surface area contributed by atoms with E-state index in [1.165, 1.54) is 0 Å². The number of para-hydroxylation sites is 1. The largest absolute Gasteiger partial charge is 0.248 e. The SMILES string of the molecule is ClC(Cl)(Cl)c1cc(-c2ccccc2)nc2ccccc12. The topological polar surface area (TPSA) is 12.9 Å². The number of halogens is 3. The molecular weight excluding hydrogens is 313 g/mol. The summed E-state index contributed by atoms with van der Waals surface area (Å²) in [5, 5.41) is 0.854. The first-order valence-electron chi connectivity index (χ1n) is 6.08. The molecule has 0 bridgehead atoms. The zero-order chi connectivity index (χ0) is 14.2. The molecule has 4 heteroatoms. The first kappa shape index (κ1) is 13.7. The second-order valence-electron chi connectivity index (χ2n) is 4.44. The third-order valence-electron chi connectivity index (χ3n) is 3.09. The van der Waals surface area contributed by atoms with Gasteiger partial charge in [-0.25, -0.2) is 4.98 Å². The summed E-state index contributed by atoms with van der Waals surface area (Å²) in [6, 6.07) is 19.3. The Labute approximate surface area is 132 Å². The predicted molar refractivity (Wildman–Crippen MR) is 86.4 cm³/mol. The van der Waals surface area contributed by atoms with Crippen LogP contribution in [0.4, 0.5) is 0 Å². The van der Waals surface area contributed by atoms with Gasteiger partial charge < -0.3 is 0 Å². The highest BCUT2D eigenvalue weighted by atomic mass is 35.6. The number of benzene rings is 2. The first-order chi connectivity index (χ1) is 9.55. The van der Waals surface area contributed by atoms with Crippen LogP contribution in [0.2, 0.25) is 0 Å². The van der Waals surface area contributed by atoms with Crippen molar-refractivity contribution in [1.29, 1.82) is 0 Å². The molecule has 0 aliphatic heterocycles. The average molecular weight is 323 g/mol. The second-order valence-corrected chi connectivity index (χ2v) is 6.72. The molecule has 0 spiro atoms. The Hall–Kier alpha value is -1.28. The van der Waals surface area contributed by atoms with Crippen molar-refractivity contribution in [1.82, 2.24) is 4.98 Å². The van der Waals surface area contributed by atoms with Crippen molar-refractivity contribution in [2.24, 2.45) is 0 Å². The van der Waals surface area contributed by atoms with Gasteiger partial charge in [0.1, 0.15) is 0 Å². The van der Waals surface area contributed by atoms with Crippen molar-refractivity contribution < 1.29 is 0 Å². The van der Waals surface area contributed by atoms with Crippen molar-refractivity contribution in [2.45, 2.75) is 3.79 Å². The molecule has 0 atom stereocenters. The fourth-order valence-corrected chi connectivity index (χ4v) is 2.64. The lowest BCUT2D eigenvalue weighted by molar-refractivity contribution is 1.24. The molecule has 1 aromatic heterocycles. The fourth-order valence-electron chi connectivity index (χ4n) is 2.17. The van der Waals surface area contributed by atoms with Crippen LogP contribution in [-0.4, -0.2) is 4.98 Å². The predicted octanol–water partition coefficient (Wildman–Crippen LogP) is 5.73. The van der Waals surface area contributed by atoms with E-state index in [0.29, 0.717) is 5.56 Å². The second kappa shape index (κ2) is 5.25. The van der Waals surface area contributed by atoms with Crippen LogP contribution in [-0.2, 0) is 3.79 Å². The van der Waals surface area contributed by atoms with Gasteiger partial charge in [-0.05, 0) is 12.1 Å². The van der Waals surface area contributed by atoms with E-state index in [2.05, 4.69) is 4.98 Å². The van der Waals surface area contributed by atoms with E-state index in [1.54, 1.807) is 0 Å². The molecule has 2 aromatic carbocycles. The average Bonchev–Trinajstić information content (AvgIpc) is 2.46. The number of fused-ring (bicyclic) bond motifs is 1. The number of hydrogen-bond acceptors (Lipinski definition) is 1. The highest BCUT2D eigenvalue weighted by Gasteiger charge is 2.26. The van der Waals surface area contributed by atoms with Gasteiger partial charge >= 0.3 is 0 Å². The molecule has 0 fully saturated rings. The molecule has 0 aliphatic carbocycles. The van der Waals surface area contributed by atoms with Gasteiger partial charge in [0.2, 0.25) is 3.79 Å². The smallest absolute Gasteiger partial charge is 0.216 e. The van der Waals surface area contributed by atoms with E-state index in [9.17, 15) is 0 Å². The van der Waals surface area contributed by atoms with Crippen LogP contribution in [0.1, 0.15) is 5.56 Å². The zero-order valence-corrected chi connectivity index (χ0v) is 12.6. The Morgan fingerprint density at radius 1 is 0.800 bits per heavy atom. The highest BCUT2D eigenvalue weighted by Crippen LogP contribution is 2.42. The van der Waals surface area contributed by atoms with Gasteiger partial charge in [0.15, 0.2) is 0 Å². The Morgan fingerprint density at radius 2 is 1.45 bits per heavy atom. The van der Waals surface area contributed by atoms with Crippen molar-refractivity contribution in [3.63, 3.8) is 0 Å². The van der Waals surface area contributed by atoms with Crippen molar-refractivity contribution >= 4 is 45.7 Å². The molecule has 3 rings (SSSR count). The van der Waals surface area contributed by atoms with Crippen LogP contribution in [0.3, 0.4) is 0 Å². The summed E-state index contributed by atoms with van der Waals surface area (Å²) < 4.78 is -1.48. The third kappa shape index (κ3) is 2.62. The van der Waals surface area contributed by atoms with Gasteiger partial charge in [-0.1, -0.05) is 83.3 Å². The Bertz CT molecular complexity index is 749. The van der Waals surface area contributed by atoms with Gasteiger partial charge in [0, 0.05) is 16.5 Å². The van der Waals surface area contributed by atoms with Crippen LogP contribution in [0.25, 0.3) is 22.2 Å². The molecule has 20 heavy (non-hydrogen) atoms. The number of pyridine rings is 1. The van der Waals surface area contributed by atoms with Crippen molar-refractivity contribution in [3.05, 3.63) is 66.2 Å². The first-order valence-corrected chi connectivity index (χ1v) is 7.21. The van der Waals surface area contributed by atoms with E-state index < -0.39 is 3.79 Å². The maximum atomic E-state index is 6.10. The summed E-state index contributed by atoms with van der Waals surface area (Å²) in [5.74, 6) is 0. The molecule has 3 aromatic rings. The monoisotopic (exact) mass is 321 g/mol. The minimum Gasteiger partial charge on any atom is -0.248 e. The van der Waals surface area contributed by atoms with Gasteiger partial charge in [0.25, 0.3) is 0 Å². The molecule has 0 saturated heterocycles. The molecule has 0 radical (unpaired) electrons. The molecule has 0 aliphatic rings.